The number of nitrogens with two attached hydrogens (primary N) is 1. The van der Waals surface area contributed by atoms with Crippen molar-refractivity contribution in [1.29, 1.82) is 0 Å². The molecule has 0 aromatic carbocycles. The van der Waals surface area contributed by atoms with Gasteiger partial charge in [0, 0.05) is 24.7 Å². The first-order chi connectivity index (χ1) is 8.51. The van der Waals surface area contributed by atoms with Gasteiger partial charge in [0.2, 0.25) is 0 Å². The summed E-state index contributed by atoms with van der Waals surface area (Å²) >= 11 is 0. The molecular formula is C12H26N2O3S. The smallest absolute Gasteiger partial charge is 0.147 e. The van der Waals surface area contributed by atoms with E-state index in [4.69, 9.17) is 10.6 Å². The Bertz CT molecular complexity index is 313. The van der Waals surface area contributed by atoms with E-state index in [0.29, 0.717) is 12.5 Å². The van der Waals surface area contributed by atoms with Crippen molar-refractivity contribution in [1.82, 2.24) is 5.43 Å². The molecule has 1 saturated heterocycles. The van der Waals surface area contributed by atoms with Gasteiger partial charge in [-0.1, -0.05) is 0 Å². The second-order valence-corrected chi connectivity index (χ2v) is 7.46. The average Bonchev–Trinajstić information content (AvgIpc) is 2.33. The van der Waals surface area contributed by atoms with Gasteiger partial charge in [-0.15, -0.1) is 0 Å². The number of hydrogen-bond donors (Lipinski definition) is 2. The van der Waals surface area contributed by atoms with E-state index < -0.39 is 9.84 Å². The number of hydrazine groups is 1. The van der Waals surface area contributed by atoms with Crippen LogP contribution in [0.15, 0.2) is 0 Å². The molecule has 1 aliphatic heterocycles. The topological polar surface area (TPSA) is 81.4 Å². The lowest BCUT2D eigenvalue weighted by atomic mass is 10.00. The van der Waals surface area contributed by atoms with Gasteiger partial charge in [-0.3, -0.25) is 11.3 Å². The lowest BCUT2D eigenvalue weighted by Crippen LogP contribution is -2.36. The molecule has 5 nitrogen and oxygen atoms in total. The summed E-state index contributed by atoms with van der Waals surface area (Å²) < 4.78 is 27.7. The summed E-state index contributed by atoms with van der Waals surface area (Å²) in [5, 5.41) is 0. The summed E-state index contributed by atoms with van der Waals surface area (Å²) in [4.78, 5) is 0. The fourth-order valence-electron chi connectivity index (χ4n) is 2.33. The van der Waals surface area contributed by atoms with E-state index in [0.717, 1.165) is 32.3 Å². The highest BCUT2D eigenvalue weighted by molar-refractivity contribution is 7.90. The molecule has 3 N–H and O–H groups in total. The third kappa shape index (κ3) is 7.31. The summed E-state index contributed by atoms with van der Waals surface area (Å²) in [6.07, 6.45) is 8.62. The van der Waals surface area contributed by atoms with Crippen LogP contribution in [-0.2, 0) is 14.6 Å². The van der Waals surface area contributed by atoms with Gasteiger partial charge in [0.25, 0.3) is 0 Å². The van der Waals surface area contributed by atoms with Gasteiger partial charge in [-0.25, -0.2) is 8.42 Å². The Hall–Kier alpha value is -0.170. The molecule has 0 radical (unpaired) electrons. The quantitative estimate of drug-likeness (QED) is 0.511. The monoisotopic (exact) mass is 278 g/mol. The first kappa shape index (κ1) is 15.9. The van der Waals surface area contributed by atoms with Crippen molar-refractivity contribution in [3.8, 4) is 0 Å². The maximum Gasteiger partial charge on any atom is 0.147 e. The summed E-state index contributed by atoms with van der Waals surface area (Å²) in [5.41, 5.74) is 2.78. The summed E-state index contributed by atoms with van der Waals surface area (Å²) in [6, 6.07) is 0.192. The zero-order valence-corrected chi connectivity index (χ0v) is 12.0. The van der Waals surface area contributed by atoms with Crippen LogP contribution in [0.1, 0.15) is 44.9 Å². The van der Waals surface area contributed by atoms with E-state index in [1.54, 1.807) is 0 Å². The molecule has 0 bridgehead atoms. The van der Waals surface area contributed by atoms with Crippen LogP contribution in [0.25, 0.3) is 0 Å². The Labute approximate surface area is 110 Å². The van der Waals surface area contributed by atoms with Gasteiger partial charge in [0.05, 0.1) is 6.10 Å². The van der Waals surface area contributed by atoms with Gasteiger partial charge in [0.1, 0.15) is 9.84 Å². The van der Waals surface area contributed by atoms with E-state index in [2.05, 4.69) is 5.43 Å². The normalized spacial score (nSPS) is 22.9. The highest BCUT2D eigenvalue weighted by Gasteiger charge is 2.16. The molecule has 2 atom stereocenters. The van der Waals surface area contributed by atoms with E-state index in [1.807, 2.05) is 0 Å². The third-order valence-corrected chi connectivity index (χ3v) is 4.44. The molecule has 0 aliphatic carbocycles. The predicted molar refractivity (Wildman–Crippen MR) is 72.9 cm³/mol. The third-order valence-electron chi connectivity index (χ3n) is 3.41. The molecule has 6 heteroatoms. The molecule has 1 aliphatic rings. The van der Waals surface area contributed by atoms with E-state index in [9.17, 15) is 8.42 Å². The fraction of sp³-hybridized carbons (Fsp3) is 1.00. The van der Waals surface area contributed by atoms with Gasteiger partial charge in [0.15, 0.2) is 0 Å². The fourth-order valence-corrected chi connectivity index (χ4v) is 3.02. The van der Waals surface area contributed by atoms with Crippen LogP contribution in [-0.4, -0.2) is 39.2 Å². The Balaban J connectivity index is 2.16. The van der Waals surface area contributed by atoms with Crippen LogP contribution in [0.2, 0.25) is 0 Å². The maximum atomic E-state index is 11.0. The number of nitrogens with one attached hydrogen (secondary N) is 1. The van der Waals surface area contributed by atoms with Gasteiger partial charge in [-0.2, -0.15) is 0 Å². The van der Waals surface area contributed by atoms with Gasteiger partial charge < -0.3 is 4.74 Å². The maximum absolute atomic E-state index is 11.0. The Kier molecular flexibility index (Phi) is 7.14. The summed E-state index contributed by atoms with van der Waals surface area (Å²) in [6.45, 7) is 0.874. The molecule has 1 fully saturated rings. The van der Waals surface area contributed by atoms with E-state index >= 15 is 0 Å². The van der Waals surface area contributed by atoms with E-state index in [1.165, 1.54) is 19.1 Å². The summed E-state index contributed by atoms with van der Waals surface area (Å²) in [7, 11) is -2.86. The number of rotatable bonds is 8. The lowest BCUT2D eigenvalue weighted by molar-refractivity contribution is 0.00844. The standard InChI is InChI=1S/C12H26N2O3S/c1-18(15,16)10-4-5-11(14-13)7-8-12-6-2-3-9-17-12/h11-12,14H,2-10,13H2,1H3. The van der Waals surface area contributed by atoms with Crippen molar-refractivity contribution < 1.29 is 13.2 Å². The number of ether oxygens (including phenoxy) is 1. The minimum atomic E-state index is -2.86. The Morgan fingerprint density at radius 3 is 2.72 bits per heavy atom. The predicted octanol–water partition coefficient (Wildman–Crippen LogP) is 0.992. The van der Waals surface area contributed by atoms with Crippen LogP contribution >= 0.6 is 0 Å². The number of sulfone groups is 1. The van der Waals surface area contributed by atoms with Crippen LogP contribution < -0.4 is 11.3 Å². The zero-order chi connectivity index (χ0) is 13.4. The molecule has 18 heavy (non-hydrogen) atoms. The van der Waals surface area contributed by atoms with Crippen LogP contribution in [0.5, 0.6) is 0 Å². The molecule has 2 unspecified atom stereocenters. The van der Waals surface area contributed by atoms with Crippen molar-refractivity contribution in [2.45, 2.75) is 57.1 Å². The largest absolute Gasteiger partial charge is 0.378 e. The van der Waals surface area contributed by atoms with E-state index in [-0.39, 0.29) is 11.8 Å². The Morgan fingerprint density at radius 2 is 2.17 bits per heavy atom. The van der Waals surface area contributed by atoms with Crippen molar-refractivity contribution in [3.05, 3.63) is 0 Å². The second-order valence-electron chi connectivity index (χ2n) is 5.20. The Morgan fingerprint density at radius 1 is 1.39 bits per heavy atom. The first-order valence-electron chi connectivity index (χ1n) is 6.76. The highest BCUT2D eigenvalue weighted by Crippen LogP contribution is 2.18. The molecule has 0 aromatic heterocycles. The SMILES string of the molecule is CS(=O)(=O)CCCC(CCC1CCCCO1)NN. The molecule has 1 heterocycles. The minimum Gasteiger partial charge on any atom is -0.378 e. The van der Waals surface area contributed by atoms with Gasteiger partial charge in [-0.05, 0) is 44.9 Å². The second kappa shape index (κ2) is 8.09. The molecule has 0 saturated carbocycles. The van der Waals surface area contributed by atoms with Gasteiger partial charge >= 0.3 is 0 Å². The van der Waals surface area contributed by atoms with Crippen molar-refractivity contribution >= 4 is 9.84 Å². The molecule has 0 aromatic rings. The van der Waals surface area contributed by atoms with Crippen molar-refractivity contribution in [3.63, 3.8) is 0 Å². The van der Waals surface area contributed by atoms with Crippen LogP contribution in [0.4, 0.5) is 0 Å². The molecule has 1 rings (SSSR count). The van der Waals surface area contributed by atoms with Crippen LogP contribution in [0.3, 0.4) is 0 Å². The van der Waals surface area contributed by atoms with Crippen LogP contribution in [0, 0.1) is 0 Å². The first-order valence-corrected chi connectivity index (χ1v) is 8.83. The highest BCUT2D eigenvalue weighted by atomic mass is 32.2. The lowest BCUT2D eigenvalue weighted by Gasteiger charge is -2.24. The molecule has 0 amide bonds. The molecule has 0 spiro atoms. The van der Waals surface area contributed by atoms with Crippen molar-refractivity contribution in [2.75, 3.05) is 18.6 Å². The summed E-state index contributed by atoms with van der Waals surface area (Å²) in [5.74, 6) is 5.74. The average molecular weight is 278 g/mol. The molecular weight excluding hydrogens is 252 g/mol. The minimum absolute atomic E-state index is 0.192. The molecule has 108 valence electrons. The number of hydrogen-bond acceptors (Lipinski definition) is 5. The zero-order valence-electron chi connectivity index (χ0n) is 11.2. The van der Waals surface area contributed by atoms with Crippen molar-refractivity contribution in [2.24, 2.45) is 5.84 Å².